The third-order valence-corrected chi connectivity index (χ3v) is 2.66. The van der Waals surface area contributed by atoms with Crippen LogP contribution in [0.3, 0.4) is 0 Å². The molecule has 0 aliphatic rings. The Labute approximate surface area is 115 Å². The van der Waals surface area contributed by atoms with Crippen LogP contribution in [0.15, 0.2) is 24.5 Å². The summed E-state index contributed by atoms with van der Waals surface area (Å²) >= 11 is 0. The molecule has 7 nitrogen and oxygen atoms in total. The molecule has 2 N–H and O–H groups in total. The maximum Gasteiger partial charge on any atom is 0.325 e. The summed E-state index contributed by atoms with van der Waals surface area (Å²) in [7, 11) is 0. The van der Waals surface area contributed by atoms with Crippen molar-refractivity contribution in [1.82, 2.24) is 14.8 Å². The van der Waals surface area contributed by atoms with Crippen molar-refractivity contribution in [2.45, 2.75) is 20.4 Å². The number of pyridine rings is 1. The molecule has 2 aromatic rings. The van der Waals surface area contributed by atoms with Crippen LogP contribution in [0.25, 0.3) is 0 Å². The van der Waals surface area contributed by atoms with Crippen molar-refractivity contribution in [3.8, 4) is 0 Å². The second-order valence-corrected chi connectivity index (χ2v) is 4.36. The highest BCUT2D eigenvalue weighted by Crippen LogP contribution is 2.11. The summed E-state index contributed by atoms with van der Waals surface area (Å²) in [5.41, 5.74) is 2.39. The third kappa shape index (κ3) is 3.19. The van der Waals surface area contributed by atoms with Gasteiger partial charge in [-0.1, -0.05) is 0 Å². The van der Waals surface area contributed by atoms with Gasteiger partial charge in [0.05, 0.1) is 23.1 Å². The van der Waals surface area contributed by atoms with Crippen molar-refractivity contribution in [3.63, 3.8) is 0 Å². The Morgan fingerprint density at radius 2 is 2.10 bits per heavy atom. The highest BCUT2D eigenvalue weighted by molar-refractivity contribution is 6.04. The zero-order valence-electron chi connectivity index (χ0n) is 11.1. The molecular weight excluding hydrogens is 260 g/mol. The van der Waals surface area contributed by atoms with Gasteiger partial charge in [0, 0.05) is 11.9 Å². The molecule has 0 spiro atoms. The monoisotopic (exact) mass is 274 g/mol. The number of hydrogen-bond donors (Lipinski definition) is 2. The van der Waals surface area contributed by atoms with E-state index in [4.69, 9.17) is 5.11 Å². The van der Waals surface area contributed by atoms with Crippen LogP contribution in [0.1, 0.15) is 21.7 Å². The van der Waals surface area contributed by atoms with Crippen LogP contribution in [0.5, 0.6) is 0 Å². The van der Waals surface area contributed by atoms with Crippen LogP contribution in [0, 0.1) is 13.8 Å². The SMILES string of the molecule is Cc1ccc(C(=O)Nc2cnn(CC(=O)O)c2)c(C)n1. The molecule has 0 bridgehead atoms. The van der Waals surface area contributed by atoms with Crippen LogP contribution in [0.4, 0.5) is 5.69 Å². The van der Waals surface area contributed by atoms with Crippen LogP contribution >= 0.6 is 0 Å². The van der Waals surface area contributed by atoms with Crippen LogP contribution in [-0.4, -0.2) is 31.7 Å². The molecule has 0 aliphatic carbocycles. The second kappa shape index (κ2) is 5.52. The predicted molar refractivity (Wildman–Crippen MR) is 71.5 cm³/mol. The fourth-order valence-electron chi connectivity index (χ4n) is 1.78. The molecule has 0 aliphatic heterocycles. The van der Waals surface area contributed by atoms with Gasteiger partial charge < -0.3 is 10.4 Å². The molecule has 104 valence electrons. The van der Waals surface area contributed by atoms with E-state index in [0.717, 1.165) is 5.69 Å². The molecule has 0 unspecified atom stereocenters. The number of nitrogens with one attached hydrogen (secondary N) is 1. The topological polar surface area (TPSA) is 97.1 Å². The van der Waals surface area contributed by atoms with E-state index in [1.54, 1.807) is 19.1 Å². The number of aryl methyl sites for hydroxylation is 2. The molecule has 20 heavy (non-hydrogen) atoms. The lowest BCUT2D eigenvalue weighted by Gasteiger charge is -2.05. The normalized spacial score (nSPS) is 10.3. The van der Waals surface area contributed by atoms with Crippen LogP contribution in [-0.2, 0) is 11.3 Å². The number of nitrogens with zero attached hydrogens (tertiary/aromatic N) is 3. The van der Waals surface area contributed by atoms with Gasteiger partial charge in [-0.25, -0.2) is 0 Å². The Morgan fingerprint density at radius 3 is 2.75 bits per heavy atom. The number of aliphatic carboxylic acids is 1. The highest BCUT2D eigenvalue weighted by atomic mass is 16.4. The van der Waals surface area contributed by atoms with Gasteiger partial charge in [-0.3, -0.25) is 19.3 Å². The molecular formula is C13H14N4O3. The van der Waals surface area contributed by atoms with E-state index in [-0.39, 0.29) is 12.5 Å². The molecule has 1 amide bonds. The molecule has 2 aromatic heterocycles. The highest BCUT2D eigenvalue weighted by Gasteiger charge is 2.11. The Kier molecular flexibility index (Phi) is 3.79. The van der Waals surface area contributed by atoms with Gasteiger partial charge >= 0.3 is 5.97 Å². The first-order valence-corrected chi connectivity index (χ1v) is 5.95. The van der Waals surface area contributed by atoms with E-state index in [1.165, 1.54) is 17.1 Å². The van der Waals surface area contributed by atoms with Gasteiger partial charge in [-0.15, -0.1) is 0 Å². The summed E-state index contributed by atoms with van der Waals surface area (Å²) in [5.74, 6) is -1.30. The standard InChI is InChI=1S/C13H14N4O3/c1-8-3-4-11(9(2)15-8)13(20)16-10-5-14-17(6-10)7-12(18)19/h3-6H,7H2,1-2H3,(H,16,20)(H,18,19). The summed E-state index contributed by atoms with van der Waals surface area (Å²) in [4.78, 5) is 26.8. The number of carboxylic acids is 1. The summed E-state index contributed by atoms with van der Waals surface area (Å²) in [5, 5.41) is 15.1. The van der Waals surface area contributed by atoms with E-state index in [1.807, 2.05) is 6.92 Å². The van der Waals surface area contributed by atoms with Crippen molar-refractivity contribution in [2.24, 2.45) is 0 Å². The molecule has 7 heteroatoms. The van der Waals surface area contributed by atoms with Gasteiger partial charge in [0.2, 0.25) is 0 Å². The zero-order chi connectivity index (χ0) is 14.7. The minimum atomic E-state index is -0.996. The van der Waals surface area contributed by atoms with Gasteiger partial charge in [-0.2, -0.15) is 5.10 Å². The van der Waals surface area contributed by atoms with E-state index >= 15 is 0 Å². The largest absolute Gasteiger partial charge is 0.480 e. The number of carbonyl (C=O) groups is 2. The first kappa shape index (κ1) is 13.7. The quantitative estimate of drug-likeness (QED) is 0.874. The Bertz CT molecular complexity index is 663. The summed E-state index contributed by atoms with van der Waals surface area (Å²) < 4.78 is 1.23. The average Bonchev–Trinajstić information content (AvgIpc) is 2.75. The number of amides is 1. The van der Waals surface area contributed by atoms with Crippen LogP contribution in [0.2, 0.25) is 0 Å². The number of hydrogen-bond acceptors (Lipinski definition) is 4. The van der Waals surface area contributed by atoms with Crippen molar-refractivity contribution >= 4 is 17.6 Å². The smallest absolute Gasteiger partial charge is 0.325 e. The molecule has 0 aromatic carbocycles. The van der Waals surface area contributed by atoms with E-state index in [9.17, 15) is 9.59 Å². The van der Waals surface area contributed by atoms with E-state index in [2.05, 4.69) is 15.4 Å². The fraction of sp³-hybridized carbons (Fsp3) is 0.231. The minimum absolute atomic E-state index is 0.249. The first-order valence-electron chi connectivity index (χ1n) is 5.95. The Hall–Kier alpha value is -2.70. The lowest BCUT2D eigenvalue weighted by atomic mass is 10.1. The Balaban J connectivity index is 2.11. The number of anilines is 1. The van der Waals surface area contributed by atoms with Crippen molar-refractivity contribution in [1.29, 1.82) is 0 Å². The second-order valence-electron chi connectivity index (χ2n) is 4.36. The van der Waals surface area contributed by atoms with Crippen molar-refractivity contribution in [2.75, 3.05) is 5.32 Å². The fourth-order valence-corrected chi connectivity index (χ4v) is 1.78. The summed E-state index contributed by atoms with van der Waals surface area (Å²) in [6.45, 7) is 3.36. The summed E-state index contributed by atoms with van der Waals surface area (Å²) in [6, 6.07) is 3.46. The Morgan fingerprint density at radius 1 is 1.35 bits per heavy atom. The third-order valence-electron chi connectivity index (χ3n) is 2.66. The van der Waals surface area contributed by atoms with Gasteiger partial charge in [-0.05, 0) is 26.0 Å². The van der Waals surface area contributed by atoms with Gasteiger partial charge in [0.1, 0.15) is 6.54 Å². The van der Waals surface area contributed by atoms with E-state index < -0.39 is 5.97 Å². The van der Waals surface area contributed by atoms with E-state index in [0.29, 0.717) is 16.9 Å². The first-order chi connectivity index (χ1) is 9.45. The number of aromatic nitrogens is 3. The van der Waals surface area contributed by atoms with Crippen LogP contribution < -0.4 is 5.32 Å². The minimum Gasteiger partial charge on any atom is -0.480 e. The lowest BCUT2D eigenvalue weighted by Crippen LogP contribution is -2.14. The number of carboxylic acid groups (broad SMARTS) is 1. The number of rotatable bonds is 4. The average molecular weight is 274 g/mol. The van der Waals surface area contributed by atoms with Gasteiger partial charge in [0.25, 0.3) is 5.91 Å². The molecule has 0 fully saturated rings. The molecule has 0 radical (unpaired) electrons. The van der Waals surface area contributed by atoms with Crippen molar-refractivity contribution in [3.05, 3.63) is 41.5 Å². The molecule has 0 saturated carbocycles. The molecule has 0 saturated heterocycles. The molecule has 2 heterocycles. The maximum atomic E-state index is 12.1. The zero-order valence-corrected chi connectivity index (χ0v) is 11.1. The predicted octanol–water partition coefficient (Wildman–Crippen LogP) is 1.23. The number of carbonyl (C=O) groups excluding carboxylic acids is 1. The van der Waals surface area contributed by atoms with Gasteiger partial charge in [0.15, 0.2) is 0 Å². The molecule has 0 atom stereocenters. The maximum absolute atomic E-state index is 12.1. The summed E-state index contributed by atoms with van der Waals surface area (Å²) in [6.07, 6.45) is 2.86. The lowest BCUT2D eigenvalue weighted by molar-refractivity contribution is -0.137. The molecule has 2 rings (SSSR count). The van der Waals surface area contributed by atoms with Crippen molar-refractivity contribution < 1.29 is 14.7 Å².